The first-order chi connectivity index (χ1) is 14.3. The average molecular weight is 432 g/mol. The van der Waals surface area contributed by atoms with Gasteiger partial charge in [-0.25, -0.2) is 13.4 Å². The standard InChI is InChI=1S/C23H33N3O3S/c1-5-24-23(25-15-14-19-8-12-22(13-9-19)30(4,27)28)26-16-20-6-10-21(11-7-20)29-17-18(2)3/h6-13,18H,5,14-17H2,1-4H3,(H2,24,25,26). The van der Waals surface area contributed by atoms with Gasteiger partial charge in [0.05, 0.1) is 18.0 Å². The smallest absolute Gasteiger partial charge is 0.191 e. The molecule has 30 heavy (non-hydrogen) atoms. The number of hydrogen-bond donors (Lipinski definition) is 2. The molecule has 0 saturated carbocycles. The molecule has 0 aromatic heterocycles. The van der Waals surface area contributed by atoms with E-state index in [9.17, 15) is 8.42 Å². The summed E-state index contributed by atoms with van der Waals surface area (Å²) in [5.41, 5.74) is 2.18. The molecule has 0 bridgehead atoms. The van der Waals surface area contributed by atoms with E-state index in [1.807, 2.05) is 43.3 Å². The minimum atomic E-state index is -3.16. The molecule has 0 saturated heterocycles. The molecular formula is C23H33N3O3S. The lowest BCUT2D eigenvalue weighted by atomic mass is 10.1. The molecule has 0 aliphatic heterocycles. The van der Waals surface area contributed by atoms with Crippen LogP contribution >= 0.6 is 0 Å². The second kappa shape index (κ2) is 11.6. The molecule has 0 heterocycles. The number of hydrogen-bond acceptors (Lipinski definition) is 4. The first-order valence-electron chi connectivity index (χ1n) is 10.3. The van der Waals surface area contributed by atoms with E-state index in [0.29, 0.717) is 30.5 Å². The van der Waals surface area contributed by atoms with Crippen molar-refractivity contribution in [2.45, 2.75) is 38.6 Å². The topological polar surface area (TPSA) is 79.8 Å². The highest BCUT2D eigenvalue weighted by Gasteiger charge is 2.06. The van der Waals surface area contributed by atoms with Crippen molar-refractivity contribution in [3.05, 3.63) is 59.7 Å². The van der Waals surface area contributed by atoms with Gasteiger partial charge in [-0.05, 0) is 54.7 Å². The van der Waals surface area contributed by atoms with Crippen molar-refractivity contribution >= 4 is 15.8 Å². The Morgan fingerprint density at radius 3 is 2.20 bits per heavy atom. The second-order valence-corrected chi connectivity index (χ2v) is 9.65. The maximum absolute atomic E-state index is 11.5. The molecule has 2 N–H and O–H groups in total. The molecule has 0 unspecified atom stereocenters. The zero-order valence-corrected chi connectivity index (χ0v) is 19.1. The molecule has 6 nitrogen and oxygen atoms in total. The predicted molar refractivity (Wildman–Crippen MR) is 123 cm³/mol. The number of nitrogens with zero attached hydrogens (tertiary/aromatic N) is 1. The van der Waals surface area contributed by atoms with E-state index >= 15 is 0 Å². The van der Waals surface area contributed by atoms with Crippen molar-refractivity contribution in [2.24, 2.45) is 10.9 Å². The molecule has 2 rings (SSSR count). The quantitative estimate of drug-likeness (QED) is 0.445. The van der Waals surface area contributed by atoms with E-state index in [2.05, 4.69) is 29.5 Å². The van der Waals surface area contributed by atoms with Crippen LogP contribution in [0.2, 0.25) is 0 Å². The minimum Gasteiger partial charge on any atom is -0.493 e. The van der Waals surface area contributed by atoms with E-state index < -0.39 is 9.84 Å². The van der Waals surface area contributed by atoms with Gasteiger partial charge in [0.2, 0.25) is 0 Å². The van der Waals surface area contributed by atoms with Crippen LogP contribution in [0, 0.1) is 5.92 Å². The summed E-state index contributed by atoms with van der Waals surface area (Å²) in [6.45, 7) is 9.04. The van der Waals surface area contributed by atoms with Crippen LogP contribution in [0.4, 0.5) is 0 Å². The molecule has 2 aromatic carbocycles. The fourth-order valence-corrected chi connectivity index (χ4v) is 3.33. The van der Waals surface area contributed by atoms with Crippen molar-refractivity contribution in [3.8, 4) is 5.75 Å². The van der Waals surface area contributed by atoms with Crippen LogP contribution in [0.1, 0.15) is 31.9 Å². The molecule has 0 radical (unpaired) electrons. The van der Waals surface area contributed by atoms with E-state index in [4.69, 9.17) is 4.74 Å². The normalized spacial score (nSPS) is 12.1. The van der Waals surface area contributed by atoms with E-state index in [1.165, 1.54) is 6.26 Å². The maximum atomic E-state index is 11.5. The zero-order chi connectivity index (χ0) is 22.0. The van der Waals surface area contributed by atoms with Gasteiger partial charge in [-0.15, -0.1) is 0 Å². The summed E-state index contributed by atoms with van der Waals surface area (Å²) in [5.74, 6) is 2.13. The summed E-state index contributed by atoms with van der Waals surface area (Å²) >= 11 is 0. The predicted octanol–water partition coefficient (Wildman–Crippen LogP) is 3.42. The Balaban J connectivity index is 1.86. The second-order valence-electron chi connectivity index (χ2n) is 7.64. The van der Waals surface area contributed by atoms with Crippen LogP contribution < -0.4 is 15.4 Å². The molecule has 0 spiro atoms. The Labute approximate surface area is 180 Å². The van der Waals surface area contributed by atoms with Gasteiger partial charge in [0.15, 0.2) is 15.8 Å². The van der Waals surface area contributed by atoms with Crippen LogP contribution in [0.3, 0.4) is 0 Å². The van der Waals surface area contributed by atoms with E-state index in [-0.39, 0.29) is 0 Å². The Kier molecular flexibility index (Phi) is 9.17. The number of nitrogens with one attached hydrogen (secondary N) is 2. The molecule has 0 aliphatic carbocycles. The Bertz CT molecular complexity index is 906. The average Bonchev–Trinajstić information content (AvgIpc) is 2.71. The maximum Gasteiger partial charge on any atom is 0.191 e. The van der Waals surface area contributed by atoms with Crippen LogP contribution in [-0.4, -0.2) is 40.3 Å². The molecule has 0 aliphatic rings. The lowest BCUT2D eigenvalue weighted by Gasteiger charge is -2.12. The summed E-state index contributed by atoms with van der Waals surface area (Å²) < 4.78 is 28.8. The first kappa shape index (κ1) is 23.7. The molecule has 2 aromatic rings. The molecule has 0 atom stereocenters. The van der Waals surface area contributed by atoms with Gasteiger partial charge >= 0.3 is 0 Å². The summed E-state index contributed by atoms with van der Waals surface area (Å²) in [6, 6.07) is 15.0. The molecular weight excluding hydrogens is 398 g/mol. The number of rotatable bonds is 10. The molecule has 0 fully saturated rings. The number of ether oxygens (including phenoxy) is 1. The van der Waals surface area contributed by atoms with Gasteiger partial charge in [-0.2, -0.15) is 0 Å². The number of benzene rings is 2. The van der Waals surface area contributed by atoms with E-state index in [1.54, 1.807) is 12.1 Å². The molecule has 164 valence electrons. The van der Waals surface area contributed by atoms with Gasteiger partial charge in [-0.1, -0.05) is 38.1 Å². The summed E-state index contributed by atoms with van der Waals surface area (Å²) in [7, 11) is -3.16. The monoisotopic (exact) mass is 431 g/mol. The highest BCUT2D eigenvalue weighted by molar-refractivity contribution is 7.90. The van der Waals surface area contributed by atoms with Crippen molar-refractivity contribution in [3.63, 3.8) is 0 Å². The summed E-state index contributed by atoms with van der Waals surface area (Å²) in [5, 5.41) is 6.57. The fourth-order valence-electron chi connectivity index (χ4n) is 2.69. The fraction of sp³-hybridized carbons (Fsp3) is 0.435. The van der Waals surface area contributed by atoms with Crippen LogP contribution in [0.5, 0.6) is 5.75 Å². The highest BCUT2D eigenvalue weighted by Crippen LogP contribution is 2.14. The third-order valence-electron chi connectivity index (χ3n) is 4.33. The number of sulfone groups is 1. The summed E-state index contributed by atoms with van der Waals surface area (Å²) in [6.07, 6.45) is 1.99. The van der Waals surface area contributed by atoms with Crippen molar-refractivity contribution in [1.82, 2.24) is 10.6 Å². The lowest BCUT2D eigenvalue weighted by molar-refractivity contribution is 0.271. The number of guanidine groups is 1. The van der Waals surface area contributed by atoms with Gasteiger partial charge in [-0.3, -0.25) is 0 Å². The van der Waals surface area contributed by atoms with Crippen LogP contribution in [0.25, 0.3) is 0 Å². The van der Waals surface area contributed by atoms with Gasteiger partial charge in [0, 0.05) is 19.3 Å². The van der Waals surface area contributed by atoms with Crippen LogP contribution in [-0.2, 0) is 22.8 Å². The van der Waals surface area contributed by atoms with Crippen LogP contribution in [0.15, 0.2) is 58.4 Å². The van der Waals surface area contributed by atoms with Crippen molar-refractivity contribution in [1.29, 1.82) is 0 Å². The van der Waals surface area contributed by atoms with Crippen molar-refractivity contribution < 1.29 is 13.2 Å². The Morgan fingerprint density at radius 2 is 1.63 bits per heavy atom. The van der Waals surface area contributed by atoms with Gasteiger partial charge < -0.3 is 15.4 Å². The summed E-state index contributed by atoms with van der Waals surface area (Å²) in [4.78, 5) is 4.98. The molecule has 7 heteroatoms. The van der Waals surface area contributed by atoms with E-state index in [0.717, 1.165) is 35.8 Å². The SMILES string of the molecule is CCNC(=NCc1ccc(OCC(C)C)cc1)NCCc1ccc(S(C)(=O)=O)cc1. The zero-order valence-electron chi connectivity index (χ0n) is 18.3. The Hall–Kier alpha value is -2.54. The van der Waals surface area contributed by atoms with Gasteiger partial charge in [0.1, 0.15) is 5.75 Å². The number of aliphatic imine (C=N–C) groups is 1. The van der Waals surface area contributed by atoms with Crippen molar-refractivity contribution in [2.75, 3.05) is 26.0 Å². The third kappa shape index (κ3) is 8.45. The largest absolute Gasteiger partial charge is 0.493 e. The minimum absolute atomic E-state index is 0.342. The third-order valence-corrected chi connectivity index (χ3v) is 5.46. The molecule has 0 amide bonds. The lowest BCUT2D eigenvalue weighted by Crippen LogP contribution is -2.38. The Morgan fingerprint density at radius 1 is 1.00 bits per heavy atom. The first-order valence-corrected chi connectivity index (χ1v) is 12.2. The van der Waals surface area contributed by atoms with Gasteiger partial charge in [0.25, 0.3) is 0 Å². The highest BCUT2D eigenvalue weighted by atomic mass is 32.2.